The van der Waals surface area contributed by atoms with E-state index in [2.05, 4.69) is 21.3 Å². The fraction of sp³-hybridized carbons (Fsp3) is 0.742. The zero-order chi connectivity index (χ0) is 35.9. The van der Waals surface area contributed by atoms with Gasteiger partial charge in [-0.25, -0.2) is 4.79 Å². The van der Waals surface area contributed by atoms with Crippen LogP contribution in [0.2, 0.25) is 0 Å². The minimum atomic E-state index is -1.36. The maximum atomic E-state index is 12.8. The van der Waals surface area contributed by atoms with Gasteiger partial charge in [-0.3, -0.25) is 33.6 Å². The molecule has 4 amide bonds. The van der Waals surface area contributed by atoms with E-state index in [0.29, 0.717) is 38.6 Å². The van der Waals surface area contributed by atoms with Gasteiger partial charge in [0.15, 0.2) is 0 Å². The second-order valence-corrected chi connectivity index (χ2v) is 11.7. The average Bonchev–Trinajstić information content (AvgIpc) is 3.02. The van der Waals surface area contributed by atoms with Gasteiger partial charge >= 0.3 is 17.9 Å². The number of rotatable bonds is 26. The summed E-state index contributed by atoms with van der Waals surface area (Å²) in [4.78, 5) is 94.3. The SMILES string of the molecule is CC(=O)CCOCCOCCNC(=O)[C@H](CCC(=O)O)NC(=O)CC[C@H](NC(=O)C1CCC(CNC(=O)CCCC(=O)O)CC1)C(=O)O. The summed E-state index contributed by atoms with van der Waals surface area (Å²) in [5.74, 6) is -5.77. The van der Waals surface area contributed by atoms with Crippen LogP contribution < -0.4 is 21.3 Å². The van der Waals surface area contributed by atoms with Gasteiger partial charge in [0, 0.05) is 51.1 Å². The lowest BCUT2D eigenvalue weighted by Crippen LogP contribution is -2.48. The molecule has 0 aromatic rings. The van der Waals surface area contributed by atoms with E-state index in [1.807, 2.05) is 0 Å². The number of hydrogen-bond donors (Lipinski definition) is 7. The van der Waals surface area contributed by atoms with Crippen LogP contribution in [0.4, 0.5) is 0 Å². The molecule has 0 bridgehead atoms. The Labute approximate surface area is 279 Å². The monoisotopic (exact) mass is 686 g/mol. The maximum Gasteiger partial charge on any atom is 0.326 e. The molecule has 0 aliphatic heterocycles. The second-order valence-electron chi connectivity index (χ2n) is 11.7. The first-order valence-corrected chi connectivity index (χ1v) is 16.2. The van der Waals surface area contributed by atoms with Gasteiger partial charge in [-0.15, -0.1) is 0 Å². The normalized spacial score (nSPS) is 16.9. The molecular formula is C31H50N4O13. The number of nitrogens with one attached hydrogen (secondary N) is 4. The molecule has 7 N–H and O–H groups in total. The highest BCUT2D eigenvalue weighted by Gasteiger charge is 2.30. The molecule has 17 nitrogen and oxygen atoms in total. The number of ether oxygens (including phenoxy) is 2. The predicted octanol–water partition coefficient (Wildman–Crippen LogP) is -0.00840. The molecule has 1 fully saturated rings. The molecule has 1 rings (SSSR count). The molecule has 0 radical (unpaired) electrons. The third-order valence-corrected chi connectivity index (χ3v) is 7.69. The third-order valence-electron chi connectivity index (χ3n) is 7.69. The Bertz CT molecular complexity index is 1090. The third kappa shape index (κ3) is 20.2. The molecule has 0 aromatic carbocycles. The standard InChI is InChI=1S/C31H50N4O13/c1-20(36)13-15-47-17-18-48-16-14-32-30(44)23(10-12-28(41)42)34-26(38)11-9-24(31(45)46)35-29(43)22-7-5-21(6-8-22)19-33-25(37)3-2-4-27(39)40/h21-24H,2-19H2,1H3,(H,32,44)(H,33,37)(H,34,38)(H,35,43)(H,39,40)(H,41,42)(H,45,46)/t21?,22?,23-,24-/m0/s1. The van der Waals surface area contributed by atoms with Crippen LogP contribution in [0.25, 0.3) is 0 Å². The van der Waals surface area contributed by atoms with Crippen molar-refractivity contribution in [2.24, 2.45) is 11.8 Å². The minimum Gasteiger partial charge on any atom is -0.481 e. The lowest BCUT2D eigenvalue weighted by atomic mass is 9.81. The molecule has 272 valence electrons. The summed E-state index contributed by atoms with van der Waals surface area (Å²) < 4.78 is 10.6. The van der Waals surface area contributed by atoms with Crippen molar-refractivity contribution in [2.75, 3.05) is 39.5 Å². The predicted molar refractivity (Wildman–Crippen MR) is 167 cm³/mol. The highest BCUT2D eigenvalue weighted by molar-refractivity contribution is 5.89. The summed E-state index contributed by atoms with van der Waals surface area (Å²) in [6.45, 7) is 2.84. The number of amides is 4. The van der Waals surface area contributed by atoms with Crippen LogP contribution in [-0.2, 0) is 47.8 Å². The van der Waals surface area contributed by atoms with Crippen LogP contribution in [0.3, 0.4) is 0 Å². The van der Waals surface area contributed by atoms with Gasteiger partial charge in [0.2, 0.25) is 23.6 Å². The Hall–Kier alpha value is -4.12. The minimum absolute atomic E-state index is 0.0115. The summed E-state index contributed by atoms with van der Waals surface area (Å²) in [7, 11) is 0. The Morgan fingerprint density at radius 2 is 1.29 bits per heavy atom. The molecule has 0 spiro atoms. The van der Waals surface area contributed by atoms with Gasteiger partial charge in [0.1, 0.15) is 17.9 Å². The van der Waals surface area contributed by atoms with Crippen LogP contribution in [0.1, 0.15) is 84.0 Å². The van der Waals surface area contributed by atoms with Crippen molar-refractivity contribution >= 4 is 47.3 Å². The zero-order valence-corrected chi connectivity index (χ0v) is 27.5. The fourth-order valence-electron chi connectivity index (χ4n) is 4.91. The average molecular weight is 687 g/mol. The molecule has 17 heteroatoms. The number of carbonyl (C=O) groups excluding carboxylic acids is 5. The van der Waals surface area contributed by atoms with Gasteiger partial charge < -0.3 is 46.1 Å². The molecule has 0 heterocycles. The number of aliphatic carboxylic acids is 3. The lowest BCUT2D eigenvalue weighted by molar-refractivity contribution is -0.143. The van der Waals surface area contributed by atoms with Gasteiger partial charge in [-0.2, -0.15) is 0 Å². The van der Waals surface area contributed by atoms with Gasteiger partial charge in [0.25, 0.3) is 0 Å². The molecule has 2 atom stereocenters. The molecule has 0 unspecified atom stereocenters. The first-order chi connectivity index (χ1) is 22.8. The fourth-order valence-corrected chi connectivity index (χ4v) is 4.91. The van der Waals surface area contributed by atoms with E-state index in [4.69, 9.17) is 19.7 Å². The number of carbonyl (C=O) groups is 8. The van der Waals surface area contributed by atoms with Crippen molar-refractivity contribution in [1.29, 1.82) is 0 Å². The number of ketones is 1. The van der Waals surface area contributed by atoms with E-state index >= 15 is 0 Å². The van der Waals surface area contributed by atoms with Gasteiger partial charge in [0.05, 0.1) is 26.4 Å². The number of hydrogen-bond acceptors (Lipinski definition) is 10. The smallest absolute Gasteiger partial charge is 0.326 e. The Morgan fingerprint density at radius 3 is 1.90 bits per heavy atom. The van der Waals surface area contributed by atoms with Crippen molar-refractivity contribution in [2.45, 2.75) is 96.1 Å². The summed E-state index contributed by atoms with van der Waals surface area (Å²) in [5.41, 5.74) is 0. The van der Waals surface area contributed by atoms with Gasteiger partial charge in [-0.05, 0) is 57.8 Å². The largest absolute Gasteiger partial charge is 0.481 e. The van der Waals surface area contributed by atoms with Gasteiger partial charge in [-0.1, -0.05) is 0 Å². The summed E-state index contributed by atoms with van der Waals surface area (Å²) in [5, 5.41) is 37.6. The Balaban J connectivity index is 2.46. The molecule has 1 saturated carbocycles. The highest BCUT2D eigenvalue weighted by atomic mass is 16.5. The van der Waals surface area contributed by atoms with E-state index in [1.165, 1.54) is 6.92 Å². The molecule has 1 aliphatic carbocycles. The summed E-state index contributed by atoms with van der Waals surface area (Å²) in [6.07, 6.45) is 1.62. The topological polar surface area (TPSA) is 264 Å². The quantitative estimate of drug-likeness (QED) is 0.0591. The number of carboxylic acids is 3. The van der Waals surface area contributed by atoms with E-state index < -0.39 is 60.1 Å². The van der Waals surface area contributed by atoms with Crippen molar-refractivity contribution in [3.8, 4) is 0 Å². The summed E-state index contributed by atoms with van der Waals surface area (Å²) in [6, 6.07) is -2.55. The van der Waals surface area contributed by atoms with Crippen LogP contribution in [0.15, 0.2) is 0 Å². The molecule has 48 heavy (non-hydrogen) atoms. The van der Waals surface area contributed by atoms with Crippen LogP contribution in [-0.4, -0.2) is 114 Å². The van der Waals surface area contributed by atoms with E-state index in [-0.39, 0.29) is 89.1 Å². The first-order valence-electron chi connectivity index (χ1n) is 16.2. The van der Waals surface area contributed by atoms with Crippen molar-refractivity contribution in [3.63, 3.8) is 0 Å². The van der Waals surface area contributed by atoms with Crippen LogP contribution >= 0.6 is 0 Å². The number of carboxylic acid groups (broad SMARTS) is 3. The zero-order valence-electron chi connectivity index (χ0n) is 27.5. The molecular weight excluding hydrogens is 636 g/mol. The lowest BCUT2D eigenvalue weighted by Gasteiger charge is -2.28. The van der Waals surface area contributed by atoms with Crippen LogP contribution in [0, 0.1) is 11.8 Å². The number of Topliss-reactive ketones (excluding diaryl/α,β-unsaturated/α-hetero) is 1. The molecule has 0 saturated heterocycles. The first kappa shape index (κ1) is 41.9. The highest BCUT2D eigenvalue weighted by Crippen LogP contribution is 2.28. The van der Waals surface area contributed by atoms with E-state index in [0.717, 1.165) is 0 Å². The second kappa shape index (κ2) is 24.1. The molecule has 0 aromatic heterocycles. The summed E-state index contributed by atoms with van der Waals surface area (Å²) >= 11 is 0. The van der Waals surface area contributed by atoms with Crippen molar-refractivity contribution in [1.82, 2.24) is 21.3 Å². The molecule has 1 aliphatic rings. The Morgan fingerprint density at radius 1 is 0.667 bits per heavy atom. The Kier molecular flexibility index (Phi) is 21.0. The van der Waals surface area contributed by atoms with Crippen molar-refractivity contribution < 1.29 is 63.1 Å². The van der Waals surface area contributed by atoms with Crippen LogP contribution in [0.5, 0.6) is 0 Å². The van der Waals surface area contributed by atoms with Crippen molar-refractivity contribution in [3.05, 3.63) is 0 Å². The van der Waals surface area contributed by atoms with E-state index in [1.54, 1.807) is 0 Å². The maximum absolute atomic E-state index is 12.8. The van der Waals surface area contributed by atoms with E-state index in [9.17, 15) is 43.5 Å².